The Morgan fingerprint density at radius 2 is 1.80 bits per heavy atom. The molecule has 0 spiro atoms. The summed E-state index contributed by atoms with van der Waals surface area (Å²) in [5.41, 5.74) is -0.316. The topological polar surface area (TPSA) is 58.6 Å². The van der Waals surface area contributed by atoms with E-state index >= 15 is 0 Å². The van der Waals surface area contributed by atoms with E-state index < -0.39 is 12.1 Å². The van der Waals surface area contributed by atoms with Gasteiger partial charge in [-0.3, -0.25) is 9.59 Å². The molecule has 2 amide bonds. The second kappa shape index (κ2) is 6.12. The van der Waals surface area contributed by atoms with Gasteiger partial charge in [-0.25, -0.2) is 0 Å². The first-order valence-electron chi connectivity index (χ1n) is 7.22. The number of hydrogen-bond donors (Lipinski definition) is 1. The SMILES string of the molecule is COCC(C)N1C(=O)C(C(C)C)NC(=O)C1C(C)(C)C. The van der Waals surface area contributed by atoms with E-state index in [1.807, 2.05) is 41.5 Å². The zero-order chi connectivity index (χ0) is 15.7. The monoisotopic (exact) mass is 284 g/mol. The Hall–Kier alpha value is -1.10. The first-order chi connectivity index (χ1) is 9.11. The highest BCUT2D eigenvalue weighted by atomic mass is 16.5. The van der Waals surface area contributed by atoms with Crippen LogP contribution in [-0.4, -0.2) is 48.6 Å². The number of nitrogens with one attached hydrogen (secondary N) is 1. The number of rotatable bonds is 4. The third kappa shape index (κ3) is 3.32. The number of hydrogen-bond acceptors (Lipinski definition) is 3. The summed E-state index contributed by atoms with van der Waals surface area (Å²) >= 11 is 0. The van der Waals surface area contributed by atoms with Crippen LogP contribution in [0.25, 0.3) is 0 Å². The van der Waals surface area contributed by atoms with Gasteiger partial charge in [-0.2, -0.15) is 0 Å². The summed E-state index contributed by atoms with van der Waals surface area (Å²) in [6.45, 7) is 12.2. The van der Waals surface area contributed by atoms with Gasteiger partial charge in [0.05, 0.1) is 12.6 Å². The fraction of sp³-hybridized carbons (Fsp3) is 0.867. The minimum Gasteiger partial charge on any atom is -0.383 e. The van der Waals surface area contributed by atoms with E-state index in [0.29, 0.717) is 6.61 Å². The zero-order valence-corrected chi connectivity index (χ0v) is 13.7. The lowest BCUT2D eigenvalue weighted by Crippen LogP contribution is -2.70. The molecule has 1 aliphatic rings. The molecule has 3 atom stereocenters. The van der Waals surface area contributed by atoms with Crippen LogP contribution in [0.2, 0.25) is 0 Å². The van der Waals surface area contributed by atoms with Crippen molar-refractivity contribution >= 4 is 11.8 Å². The van der Waals surface area contributed by atoms with E-state index in [4.69, 9.17) is 4.74 Å². The number of ether oxygens (including phenoxy) is 1. The Morgan fingerprint density at radius 3 is 2.20 bits per heavy atom. The van der Waals surface area contributed by atoms with Gasteiger partial charge in [0.15, 0.2) is 0 Å². The van der Waals surface area contributed by atoms with Crippen LogP contribution in [0.5, 0.6) is 0 Å². The van der Waals surface area contributed by atoms with Crippen molar-refractivity contribution in [1.29, 1.82) is 0 Å². The Morgan fingerprint density at radius 1 is 1.25 bits per heavy atom. The van der Waals surface area contributed by atoms with Crippen molar-refractivity contribution in [1.82, 2.24) is 10.2 Å². The summed E-state index contributed by atoms with van der Waals surface area (Å²) in [6.07, 6.45) is 0. The van der Waals surface area contributed by atoms with Gasteiger partial charge >= 0.3 is 0 Å². The lowest BCUT2D eigenvalue weighted by molar-refractivity contribution is -0.159. The lowest BCUT2D eigenvalue weighted by Gasteiger charge is -2.48. The minimum atomic E-state index is -0.463. The molecule has 3 unspecified atom stereocenters. The molecule has 0 aromatic heterocycles. The van der Waals surface area contributed by atoms with E-state index in [0.717, 1.165) is 0 Å². The molecular weight excluding hydrogens is 256 g/mol. The highest BCUT2D eigenvalue weighted by Gasteiger charge is 2.48. The number of nitrogens with zero attached hydrogens (tertiary/aromatic N) is 1. The van der Waals surface area contributed by atoms with Gasteiger partial charge in [0.2, 0.25) is 11.8 Å². The van der Waals surface area contributed by atoms with Gasteiger partial charge in [0, 0.05) is 7.11 Å². The largest absolute Gasteiger partial charge is 0.383 e. The van der Waals surface area contributed by atoms with E-state index in [1.165, 1.54) is 0 Å². The van der Waals surface area contributed by atoms with Crippen molar-refractivity contribution in [3.63, 3.8) is 0 Å². The standard InChI is InChI=1S/C15H28N2O3/c1-9(2)11-14(19)17(10(3)8-20-7)12(13(18)16-11)15(4,5)6/h9-12H,8H2,1-7H3,(H,16,18). The molecule has 0 aromatic carbocycles. The molecule has 1 saturated heterocycles. The Kier molecular flexibility index (Phi) is 5.19. The maximum atomic E-state index is 12.7. The number of carbonyl (C=O) groups excluding carboxylic acids is 2. The van der Waals surface area contributed by atoms with Crippen LogP contribution in [-0.2, 0) is 14.3 Å². The van der Waals surface area contributed by atoms with E-state index in [2.05, 4.69) is 5.32 Å². The van der Waals surface area contributed by atoms with E-state index in [9.17, 15) is 9.59 Å². The smallest absolute Gasteiger partial charge is 0.246 e. The first-order valence-corrected chi connectivity index (χ1v) is 7.22. The molecule has 20 heavy (non-hydrogen) atoms. The molecule has 0 saturated carbocycles. The second-order valence-corrected chi connectivity index (χ2v) is 7.05. The van der Waals surface area contributed by atoms with Crippen LogP contribution in [0.1, 0.15) is 41.5 Å². The van der Waals surface area contributed by atoms with Crippen molar-refractivity contribution in [3.05, 3.63) is 0 Å². The summed E-state index contributed by atoms with van der Waals surface area (Å²) in [6, 6.07) is -1.03. The quantitative estimate of drug-likeness (QED) is 0.849. The predicted octanol–water partition coefficient (Wildman–Crippen LogP) is 1.42. The molecule has 116 valence electrons. The zero-order valence-electron chi connectivity index (χ0n) is 13.7. The number of methoxy groups -OCH3 is 1. The number of amides is 2. The molecular formula is C15H28N2O3. The molecule has 1 fully saturated rings. The average Bonchev–Trinajstić information content (AvgIpc) is 2.29. The molecule has 0 aliphatic carbocycles. The highest BCUT2D eigenvalue weighted by molar-refractivity contribution is 5.97. The van der Waals surface area contributed by atoms with Crippen LogP contribution < -0.4 is 5.32 Å². The summed E-state index contributed by atoms with van der Waals surface area (Å²) in [5.74, 6) is -0.00700. The van der Waals surface area contributed by atoms with Crippen LogP contribution in [0.4, 0.5) is 0 Å². The van der Waals surface area contributed by atoms with Gasteiger partial charge in [-0.05, 0) is 18.3 Å². The fourth-order valence-corrected chi connectivity index (χ4v) is 2.76. The number of carbonyl (C=O) groups is 2. The van der Waals surface area contributed by atoms with Gasteiger partial charge in [0.25, 0.3) is 0 Å². The number of piperazine rings is 1. The molecule has 0 aromatic rings. The van der Waals surface area contributed by atoms with Crippen LogP contribution >= 0.6 is 0 Å². The van der Waals surface area contributed by atoms with Crippen molar-refractivity contribution in [2.45, 2.75) is 59.7 Å². The van der Waals surface area contributed by atoms with E-state index in [-0.39, 0.29) is 29.2 Å². The third-order valence-electron chi connectivity index (χ3n) is 3.71. The van der Waals surface area contributed by atoms with Crippen LogP contribution in [0.3, 0.4) is 0 Å². The molecule has 1 heterocycles. The Bertz CT molecular complexity index is 374. The Labute approximate surface area is 122 Å². The van der Waals surface area contributed by atoms with Crippen LogP contribution in [0, 0.1) is 11.3 Å². The molecule has 1 rings (SSSR count). The van der Waals surface area contributed by atoms with Gasteiger partial charge < -0.3 is 15.0 Å². The normalized spacial score (nSPS) is 25.9. The summed E-state index contributed by atoms with van der Waals surface area (Å²) in [7, 11) is 1.61. The first kappa shape index (κ1) is 17.0. The molecule has 0 radical (unpaired) electrons. The van der Waals surface area contributed by atoms with Crippen LogP contribution in [0.15, 0.2) is 0 Å². The maximum absolute atomic E-state index is 12.7. The van der Waals surface area contributed by atoms with E-state index in [1.54, 1.807) is 12.0 Å². The molecule has 5 heteroatoms. The minimum absolute atomic E-state index is 0.0101. The van der Waals surface area contributed by atoms with Gasteiger partial charge in [-0.1, -0.05) is 34.6 Å². The van der Waals surface area contributed by atoms with Gasteiger partial charge in [0.1, 0.15) is 12.1 Å². The summed E-state index contributed by atoms with van der Waals surface area (Å²) in [5, 5.41) is 2.88. The highest BCUT2D eigenvalue weighted by Crippen LogP contribution is 2.30. The summed E-state index contributed by atoms with van der Waals surface area (Å²) in [4.78, 5) is 26.9. The van der Waals surface area contributed by atoms with Gasteiger partial charge in [-0.15, -0.1) is 0 Å². The molecule has 0 bridgehead atoms. The molecule has 1 aliphatic heterocycles. The fourth-order valence-electron chi connectivity index (χ4n) is 2.76. The lowest BCUT2D eigenvalue weighted by atomic mass is 9.81. The predicted molar refractivity (Wildman–Crippen MR) is 78.2 cm³/mol. The average molecular weight is 284 g/mol. The summed E-state index contributed by atoms with van der Waals surface area (Å²) < 4.78 is 5.17. The Balaban J connectivity index is 3.17. The molecule has 1 N–H and O–H groups in total. The van der Waals surface area contributed by atoms with Crippen molar-refractivity contribution in [2.75, 3.05) is 13.7 Å². The maximum Gasteiger partial charge on any atom is 0.246 e. The van der Waals surface area contributed by atoms with Crippen molar-refractivity contribution in [2.24, 2.45) is 11.3 Å². The third-order valence-corrected chi connectivity index (χ3v) is 3.71. The second-order valence-electron chi connectivity index (χ2n) is 7.05. The van der Waals surface area contributed by atoms with Crippen molar-refractivity contribution in [3.8, 4) is 0 Å². The van der Waals surface area contributed by atoms with Crippen molar-refractivity contribution < 1.29 is 14.3 Å². The molecule has 5 nitrogen and oxygen atoms in total.